The Morgan fingerprint density at radius 2 is 1.58 bits per heavy atom. The Hall–Kier alpha value is -4.43. The fourth-order valence-electron chi connectivity index (χ4n) is 3.92. The normalized spacial score (nSPS) is 10.8. The molecule has 180 valence electrons. The summed E-state index contributed by atoms with van der Waals surface area (Å²) in [6, 6.07) is 20.9. The molecule has 1 amide bonds. The maximum atomic E-state index is 12.7. The van der Waals surface area contributed by atoms with Gasteiger partial charge in [-0.1, -0.05) is 48.0 Å². The molecule has 7 nitrogen and oxygen atoms in total. The number of anilines is 3. The second kappa shape index (κ2) is 10.1. The van der Waals surface area contributed by atoms with E-state index in [1.54, 1.807) is 49.8 Å². The van der Waals surface area contributed by atoms with Crippen LogP contribution in [0.4, 0.5) is 17.2 Å². The summed E-state index contributed by atoms with van der Waals surface area (Å²) < 4.78 is 11.3. The zero-order chi connectivity index (χ0) is 25.1. The van der Waals surface area contributed by atoms with E-state index in [4.69, 9.17) is 9.47 Å². The van der Waals surface area contributed by atoms with Gasteiger partial charge in [-0.05, 0) is 24.6 Å². The summed E-state index contributed by atoms with van der Waals surface area (Å²) in [5, 5.41) is 9.32. The number of thiophene rings is 1. The highest BCUT2D eigenvalue weighted by Crippen LogP contribution is 2.41. The van der Waals surface area contributed by atoms with E-state index in [2.05, 4.69) is 57.2 Å². The van der Waals surface area contributed by atoms with E-state index < -0.39 is 0 Å². The van der Waals surface area contributed by atoms with Gasteiger partial charge in [0.15, 0.2) is 0 Å². The van der Waals surface area contributed by atoms with Gasteiger partial charge >= 0.3 is 0 Å². The number of nitrogens with one attached hydrogen (secondary N) is 2. The van der Waals surface area contributed by atoms with Crippen LogP contribution in [0.1, 0.15) is 15.9 Å². The number of benzene rings is 3. The number of carbonyl (C=O) groups excluding carboxylic acids is 1. The first-order chi connectivity index (χ1) is 17.6. The van der Waals surface area contributed by atoms with Crippen molar-refractivity contribution in [2.45, 2.75) is 6.92 Å². The van der Waals surface area contributed by atoms with Crippen LogP contribution < -0.4 is 20.1 Å². The third-order valence-electron chi connectivity index (χ3n) is 5.79. The molecular weight excluding hydrogens is 472 g/mol. The fraction of sp³-hybridized carbons (Fsp3) is 0.107. The molecule has 0 aliphatic heterocycles. The van der Waals surface area contributed by atoms with Crippen molar-refractivity contribution < 1.29 is 14.3 Å². The lowest BCUT2D eigenvalue weighted by Gasteiger charge is -2.17. The average molecular weight is 497 g/mol. The zero-order valence-corrected chi connectivity index (χ0v) is 20.8. The summed E-state index contributed by atoms with van der Waals surface area (Å²) in [6.07, 6.45) is 1.54. The summed E-state index contributed by atoms with van der Waals surface area (Å²) in [4.78, 5) is 22.6. The third-order valence-corrected chi connectivity index (χ3v) is 6.68. The summed E-state index contributed by atoms with van der Waals surface area (Å²) in [5.41, 5.74) is 5.03. The van der Waals surface area contributed by atoms with Crippen LogP contribution in [0.3, 0.4) is 0 Å². The number of aromatic nitrogens is 2. The van der Waals surface area contributed by atoms with Crippen LogP contribution in [0.15, 0.2) is 78.4 Å². The molecule has 3 aromatic carbocycles. The Labute approximate surface area is 212 Å². The third kappa shape index (κ3) is 4.58. The minimum atomic E-state index is -0.241. The smallest absolute Gasteiger partial charge is 0.255 e. The zero-order valence-electron chi connectivity index (χ0n) is 20.0. The Bertz CT molecular complexity index is 1530. The number of hydrogen-bond acceptors (Lipinski definition) is 7. The van der Waals surface area contributed by atoms with Crippen LogP contribution in [-0.2, 0) is 0 Å². The predicted octanol–water partition coefficient (Wildman–Crippen LogP) is 6.68. The van der Waals surface area contributed by atoms with Crippen LogP contribution in [0.25, 0.3) is 21.3 Å². The standard InChI is InChI=1S/C28H24N4O3S/c1-17-9-11-18(12-10-17)20-15-36-28-25(20)26(29-16-30-28)31-21-13-24(35-3)22(14-23(21)34-2)32-27(33)19-7-5-4-6-8-19/h4-16H,1-3H3,(H,32,33)(H,29,30,31). The Kier molecular flexibility index (Phi) is 6.51. The molecule has 2 heterocycles. The van der Waals surface area contributed by atoms with Crippen molar-refractivity contribution in [1.29, 1.82) is 0 Å². The monoisotopic (exact) mass is 496 g/mol. The summed E-state index contributed by atoms with van der Waals surface area (Å²) in [5.74, 6) is 1.42. The number of carbonyl (C=O) groups is 1. The number of ether oxygens (including phenoxy) is 2. The minimum absolute atomic E-state index is 0.241. The van der Waals surface area contributed by atoms with Gasteiger partial charge in [-0.2, -0.15) is 0 Å². The summed E-state index contributed by atoms with van der Waals surface area (Å²) in [7, 11) is 3.13. The molecule has 8 heteroatoms. The molecule has 0 atom stereocenters. The molecule has 0 unspecified atom stereocenters. The fourth-order valence-corrected chi connectivity index (χ4v) is 4.84. The van der Waals surface area contributed by atoms with Crippen molar-refractivity contribution in [1.82, 2.24) is 9.97 Å². The minimum Gasteiger partial charge on any atom is -0.494 e. The first kappa shape index (κ1) is 23.3. The second-order valence-electron chi connectivity index (χ2n) is 8.12. The van der Waals surface area contributed by atoms with E-state index in [1.807, 2.05) is 18.2 Å². The molecule has 2 aromatic heterocycles. The Morgan fingerprint density at radius 3 is 2.31 bits per heavy atom. The van der Waals surface area contributed by atoms with Gasteiger partial charge in [-0.25, -0.2) is 9.97 Å². The van der Waals surface area contributed by atoms with Crippen LogP contribution in [0.2, 0.25) is 0 Å². The predicted molar refractivity (Wildman–Crippen MR) is 145 cm³/mol. The molecular formula is C28H24N4O3S. The summed E-state index contributed by atoms with van der Waals surface area (Å²) in [6.45, 7) is 2.07. The van der Waals surface area contributed by atoms with Crippen molar-refractivity contribution in [3.05, 3.63) is 89.6 Å². The topological polar surface area (TPSA) is 85.4 Å². The van der Waals surface area contributed by atoms with E-state index >= 15 is 0 Å². The molecule has 0 aliphatic rings. The number of amides is 1. The van der Waals surface area contributed by atoms with Gasteiger partial charge in [-0.3, -0.25) is 4.79 Å². The van der Waals surface area contributed by atoms with Gasteiger partial charge in [0.2, 0.25) is 0 Å². The molecule has 0 bridgehead atoms. The van der Waals surface area contributed by atoms with Crippen molar-refractivity contribution in [3.63, 3.8) is 0 Å². The first-order valence-corrected chi connectivity index (χ1v) is 12.1. The van der Waals surface area contributed by atoms with Gasteiger partial charge in [-0.15, -0.1) is 11.3 Å². The van der Waals surface area contributed by atoms with Crippen LogP contribution in [0, 0.1) is 6.92 Å². The molecule has 36 heavy (non-hydrogen) atoms. The number of rotatable bonds is 7. The van der Waals surface area contributed by atoms with Gasteiger partial charge < -0.3 is 20.1 Å². The first-order valence-electron chi connectivity index (χ1n) is 11.3. The maximum Gasteiger partial charge on any atom is 0.255 e. The van der Waals surface area contributed by atoms with Crippen LogP contribution in [0.5, 0.6) is 11.5 Å². The highest BCUT2D eigenvalue weighted by Gasteiger charge is 2.18. The highest BCUT2D eigenvalue weighted by molar-refractivity contribution is 7.17. The number of nitrogens with zero attached hydrogens (tertiary/aromatic N) is 2. The molecule has 5 rings (SSSR count). The molecule has 0 aliphatic carbocycles. The molecule has 0 saturated carbocycles. The Morgan fingerprint density at radius 1 is 0.889 bits per heavy atom. The van der Waals surface area contributed by atoms with Gasteiger partial charge in [0, 0.05) is 28.6 Å². The Balaban J connectivity index is 1.52. The second-order valence-corrected chi connectivity index (χ2v) is 8.97. The van der Waals surface area contributed by atoms with Crippen molar-refractivity contribution in [2.24, 2.45) is 0 Å². The van der Waals surface area contributed by atoms with Gasteiger partial charge in [0.25, 0.3) is 5.91 Å². The summed E-state index contributed by atoms with van der Waals surface area (Å²) >= 11 is 1.57. The SMILES string of the molecule is COc1cc(Nc2ncnc3scc(-c4ccc(C)cc4)c23)c(OC)cc1NC(=O)c1ccccc1. The number of fused-ring (bicyclic) bond motifs is 1. The average Bonchev–Trinajstić information content (AvgIpc) is 3.35. The lowest BCUT2D eigenvalue weighted by molar-refractivity contribution is 0.102. The van der Waals surface area contributed by atoms with Crippen LogP contribution >= 0.6 is 11.3 Å². The largest absolute Gasteiger partial charge is 0.494 e. The molecule has 0 radical (unpaired) electrons. The van der Waals surface area contributed by atoms with Gasteiger partial charge in [0.05, 0.1) is 31.0 Å². The number of methoxy groups -OCH3 is 2. The van der Waals surface area contributed by atoms with Crippen LogP contribution in [-0.4, -0.2) is 30.1 Å². The van der Waals surface area contributed by atoms with E-state index in [0.717, 1.165) is 21.3 Å². The number of hydrogen-bond donors (Lipinski definition) is 2. The lowest BCUT2D eigenvalue weighted by atomic mass is 10.0. The maximum absolute atomic E-state index is 12.7. The molecule has 5 aromatic rings. The van der Waals surface area contributed by atoms with E-state index in [0.29, 0.717) is 34.3 Å². The number of aryl methyl sites for hydroxylation is 1. The molecule has 2 N–H and O–H groups in total. The molecule has 0 spiro atoms. The van der Waals surface area contributed by atoms with E-state index in [1.165, 1.54) is 11.9 Å². The van der Waals surface area contributed by atoms with E-state index in [9.17, 15) is 4.79 Å². The molecule has 0 fully saturated rings. The molecule has 0 saturated heterocycles. The van der Waals surface area contributed by atoms with Gasteiger partial charge in [0.1, 0.15) is 28.5 Å². The highest BCUT2D eigenvalue weighted by atomic mass is 32.1. The van der Waals surface area contributed by atoms with Crippen molar-refractivity contribution >= 4 is 44.7 Å². The van der Waals surface area contributed by atoms with Crippen molar-refractivity contribution in [2.75, 3.05) is 24.9 Å². The quantitative estimate of drug-likeness (QED) is 0.261. The van der Waals surface area contributed by atoms with Crippen molar-refractivity contribution in [3.8, 4) is 22.6 Å². The lowest BCUT2D eigenvalue weighted by Crippen LogP contribution is -2.13. The van der Waals surface area contributed by atoms with E-state index in [-0.39, 0.29) is 5.91 Å².